The summed E-state index contributed by atoms with van der Waals surface area (Å²) in [5.41, 5.74) is 5.64. The third-order valence-electron chi connectivity index (χ3n) is 3.04. The van der Waals surface area contributed by atoms with Crippen molar-refractivity contribution in [1.29, 1.82) is 0 Å². The number of nitrogen functional groups attached to an aromatic ring is 1. The molecule has 8 heteroatoms. The molecule has 0 bridgehead atoms. The van der Waals surface area contributed by atoms with Crippen LogP contribution in [0.1, 0.15) is 32.6 Å². The molecule has 0 saturated heterocycles. The maximum Gasteiger partial charge on any atom is 0.222 e. The number of nitrogens with zero attached hydrogens (tertiary/aromatic N) is 2. The summed E-state index contributed by atoms with van der Waals surface area (Å²) in [5, 5.41) is 12.5. The van der Waals surface area contributed by atoms with E-state index in [0.717, 1.165) is 19.3 Å². The third-order valence-corrected chi connectivity index (χ3v) is 3.04. The molecule has 0 aliphatic heterocycles. The highest BCUT2D eigenvalue weighted by Gasteiger charge is 2.13. The van der Waals surface area contributed by atoms with E-state index in [0.29, 0.717) is 31.2 Å². The molecule has 4 N–H and O–H groups in total. The zero-order chi connectivity index (χ0) is 15.5. The third kappa shape index (κ3) is 7.67. The standard InChI is InChI=1S/C14H26N4O3.H2S/c1-3-4-5-11(6-7-19)17-13-12(21-9-8-20-2)10-16-14(15)18-13;/h10-11,19H,3-9H2,1-2H3,(H3,15,16,17,18);1H2/t11-;/m0./s1. The molecule has 0 aromatic carbocycles. The maximum atomic E-state index is 9.17. The van der Waals surface area contributed by atoms with E-state index < -0.39 is 0 Å². The van der Waals surface area contributed by atoms with Gasteiger partial charge in [0.05, 0.1) is 12.8 Å². The molecule has 1 aromatic heterocycles. The van der Waals surface area contributed by atoms with Gasteiger partial charge in [-0.05, 0) is 12.8 Å². The lowest BCUT2D eigenvalue weighted by atomic mass is 10.1. The van der Waals surface area contributed by atoms with Crippen LogP contribution in [0.25, 0.3) is 0 Å². The molecule has 0 spiro atoms. The quantitative estimate of drug-likeness (QED) is 0.528. The Morgan fingerprint density at radius 3 is 2.77 bits per heavy atom. The van der Waals surface area contributed by atoms with Crippen molar-refractivity contribution in [3.8, 4) is 5.75 Å². The van der Waals surface area contributed by atoms with Crippen LogP contribution in [0.3, 0.4) is 0 Å². The zero-order valence-corrected chi connectivity index (χ0v) is 14.3. The van der Waals surface area contributed by atoms with Crippen molar-refractivity contribution in [3.63, 3.8) is 0 Å². The Kier molecular flexibility index (Phi) is 11.6. The number of methoxy groups -OCH3 is 1. The lowest BCUT2D eigenvalue weighted by Crippen LogP contribution is -2.22. The Morgan fingerprint density at radius 1 is 1.36 bits per heavy atom. The number of hydrogen-bond donors (Lipinski definition) is 3. The Balaban J connectivity index is 0.00000441. The van der Waals surface area contributed by atoms with Crippen molar-refractivity contribution in [1.82, 2.24) is 9.97 Å². The van der Waals surface area contributed by atoms with Crippen molar-refractivity contribution in [2.24, 2.45) is 0 Å². The summed E-state index contributed by atoms with van der Waals surface area (Å²) in [6.45, 7) is 3.16. The smallest absolute Gasteiger partial charge is 0.222 e. The molecule has 22 heavy (non-hydrogen) atoms. The fraction of sp³-hybridized carbons (Fsp3) is 0.714. The molecule has 0 radical (unpaired) electrons. The minimum absolute atomic E-state index is 0. The average Bonchev–Trinajstić information content (AvgIpc) is 2.47. The van der Waals surface area contributed by atoms with Gasteiger partial charge >= 0.3 is 0 Å². The highest BCUT2D eigenvalue weighted by Crippen LogP contribution is 2.24. The number of hydrogen-bond acceptors (Lipinski definition) is 7. The SMILES string of the molecule is CCCC[C@@H](CCO)Nc1nc(N)ncc1OCCOC.S. The van der Waals surface area contributed by atoms with E-state index in [1.54, 1.807) is 13.3 Å². The molecule has 1 rings (SSSR count). The molecule has 0 amide bonds. The topological polar surface area (TPSA) is 103 Å². The Labute approximate surface area is 139 Å². The summed E-state index contributed by atoms with van der Waals surface area (Å²) in [6, 6.07) is 0.133. The van der Waals surface area contributed by atoms with Gasteiger partial charge < -0.3 is 25.6 Å². The Hall–Kier alpha value is -1.25. The van der Waals surface area contributed by atoms with Gasteiger partial charge in [-0.25, -0.2) is 4.98 Å². The molecule has 128 valence electrons. The number of anilines is 2. The first-order valence-electron chi connectivity index (χ1n) is 7.32. The average molecular weight is 332 g/mol. The number of aromatic nitrogens is 2. The van der Waals surface area contributed by atoms with Crippen LogP contribution in [0.15, 0.2) is 6.20 Å². The minimum atomic E-state index is 0. The fourth-order valence-corrected chi connectivity index (χ4v) is 1.92. The maximum absolute atomic E-state index is 9.17. The number of aliphatic hydroxyl groups is 1. The monoisotopic (exact) mass is 332 g/mol. The van der Waals surface area contributed by atoms with Crippen LogP contribution >= 0.6 is 13.5 Å². The predicted octanol–water partition coefficient (Wildman–Crippen LogP) is 1.55. The number of ether oxygens (including phenoxy) is 2. The summed E-state index contributed by atoms with van der Waals surface area (Å²) < 4.78 is 10.5. The normalized spacial score (nSPS) is 11.6. The van der Waals surface area contributed by atoms with Gasteiger partial charge in [0.2, 0.25) is 5.95 Å². The Morgan fingerprint density at radius 2 is 2.14 bits per heavy atom. The summed E-state index contributed by atoms with van der Waals surface area (Å²) in [5.74, 6) is 1.30. The lowest BCUT2D eigenvalue weighted by Gasteiger charge is -2.20. The highest BCUT2D eigenvalue weighted by molar-refractivity contribution is 7.59. The molecule has 0 fully saturated rings. The summed E-state index contributed by atoms with van der Waals surface area (Å²) in [7, 11) is 1.62. The zero-order valence-electron chi connectivity index (χ0n) is 13.3. The van der Waals surface area contributed by atoms with Gasteiger partial charge in [0.25, 0.3) is 0 Å². The van der Waals surface area contributed by atoms with Crippen molar-refractivity contribution < 1.29 is 14.6 Å². The van der Waals surface area contributed by atoms with Crippen LogP contribution < -0.4 is 15.8 Å². The van der Waals surface area contributed by atoms with Crippen molar-refractivity contribution in [3.05, 3.63) is 6.20 Å². The molecule has 0 aliphatic carbocycles. The van der Waals surface area contributed by atoms with Gasteiger partial charge in [0.15, 0.2) is 11.6 Å². The van der Waals surface area contributed by atoms with E-state index >= 15 is 0 Å². The first kappa shape index (κ1) is 20.8. The molecule has 1 heterocycles. The number of aliphatic hydroxyl groups excluding tert-OH is 1. The van der Waals surface area contributed by atoms with E-state index in [1.165, 1.54) is 0 Å². The van der Waals surface area contributed by atoms with Gasteiger partial charge in [-0.2, -0.15) is 18.5 Å². The van der Waals surface area contributed by atoms with Crippen molar-refractivity contribution in [2.75, 3.05) is 38.0 Å². The molecule has 0 aliphatic rings. The van der Waals surface area contributed by atoms with Crippen LogP contribution in [-0.4, -0.2) is 48.0 Å². The van der Waals surface area contributed by atoms with Gasteiger partial charge in [-0.3, -0.25) is 0 Å². The van der Waals surface area contributed by atoms with Crippen LogP contribution in [0.2, 0.25) is 0 Å². The molecule has 7 nitrogen and oxygen atoms in total. The second-order valence-electron chi connectivity index (χ2n) is 4.78. The number of rotatable bonds is 11. The van der Waals surface area contributed by atoms with Gasteiger partial charge in [0, 0.05) is 19.8 Å². The van der Waals surface area contributed by atoms with E-state index in [1.807, 2.05) is 0 Å². The van der Waals surface area contributed by atoms with E-state index in [-0.39, 0.29) is 32.1 Å². The molecular formula is C14H28N4O3S. The summed E-state index contributed by atoms with van der Waals surface area (Å²) >= 11 is 0. The van der Waals surface area contributed by atoms with Crippen molar-refractivity contribution in [2.45, 2.75) is 38.6 Å². The van der Waals surface area contributed by atoms with E-state index in [4.69, 9.17) is 20.3 Å². The van der Waals surface area contributed by atoms with Gasteiger partial charge in [0.1, 0.15) is 6.61 Å². The Bertz CT molecular complexity index is 410. The van der Waals surface area contributed by atoms with Crippen LogP contribution in [0, 0.1) is 0 Å². The first-order chi connectivity index (χ1) is 10.2. The van der Waals surface area contributed by atoms with Gasteiger partial charge in [-0.15, -0.1) is 0 Å². The first-order valence-corrected chi connectivity index (χ1v) is 7.32. The fourth-order valence-electron chi connectivity index (χ4n) is 1.92. The number of nitrogens with one attached hydrogen (secondary N) is 1. The minimum Gasteiger partial charge on any atom is -0.486 e. The predicted molar refractivity (Wildman–Crippen MR) is 92.8 cm³/mol. The molecule has 0 saturated carbocycles. The lowest BCUT2D eigenvalue weighted by molar-refractivity contribution is 0.146. The number of unbranched alkanes of at least 4 members (excludes halogenated alkanes) is 1. The van der Waals surface area contributed by atoms with E-state index in [9.17, 15) is 0 Å². The van der Waals surface area contributed by atoms with Crippen LogP contribution in [-0.2, 0) is 4.74 Å². The molecular weight excluding hydrogens is 304 g/mol. The molecule has 0 unspecified atom stereocenters. The molecule has 1 atom stereocenters. The molecule has 1 aromatic rings. The van der Waals surface area contributed by atoms with Crippen LogP contribution in [0.4, 0.5) is 11.8 Å². The van der Waals surface area contributed by atoms with Crippen LogP contribution in [0.5, 0.6) is 5.75 Å². The van der Waals surface area contributed by atoms with Gasteiger partial charge in [-0.1, -0.05) is 19.8 Å². The van der Waals surface area contributed by atoms with Crippen molar-refractivity contribution >= 4 is 25.3 Å². The highest BCUT2D eigenvalue weighted by atomic mass is 32.1. The second kappa shape index (κ2) is 12.3. The summed E-state index contributed by atoms with van der Waals surface area (Å²) in [6.07, 6.45) is 5.35. The largest absolute Gasteiger partial charge is 0.486 e. The second-order valence-corrected chi connectivity index (χ2v) is 4.78. The number of nitrogens with two attached hydrogens (primary N) is 1. The van der Waals surface area contributed by atoms with E-state index in [2.05, 4.69) is 22.2 Å². The summed E-state index contributed by atoms with van der Waals surface area (Å²) in [4.78, 5) is 8.14.